The average molecular weight is 414 g/mol. The molecule has 8 heteroatoms. The molecule has 160 valence electrons. The number of aromatic hydroxyl groups is 1. The van der Waals surface area contributed by atoms with E-state index >= 15 is 0 Å². The Morgan fingerprint density at radius 1 is 0.867 bits per heavy atom. The lowest BCUT2D eigenvalue weighted by Gasteiger charge is -2.34. The van der Waals surface area contributed by atoms with Gasteiger partial charge in [0.15, 0.2) is 18.1 Å². The summed E-state index contributed by atoms with van der Waals surface area (Å²) in [7, 11) is 1.60. The van der Waals surface area contributed by atoms with Gasteiger partial charge in [0, 0.05) is 26.2 Å². The molecule has 0 bridgehead atoms. The maximum atomic E-state index is 12.4. The first-order valence-corrected chi connectivity index (χ1v) is 9.80. The van der Waals surface area contributed by atoms with Gasteiger partial charge < -0.3 is 29.1 Å². The minimum absolute atomic E-state index is 0.000989. The van der Waals surface area contributed by atoms with Crippen LogP contribution in [0.3, 0.4) is 0 Å². The highest BCUT2D eigenvalue weighted by atomic mass is 16.5. The van der Waals surface area contributed by atoms with Crippen molar-refractivity contribution in [2.75, 3.05) is 46.5 Å². The third-order valence-electron chi connectivity index (χ3n) is 4.85. The molecule has 1 heterocycles. The van der Waals surface area contributed by atoms with Gasteiger partial charge in [0.25, 0.3) is 5.91 Å². The Hall–Kier alpha value is -3.42. The Kier molecular flexibility index (Phi) is 7.37. The number of benzene rings is 2. The lowest BCUT2D eigenvalue weighted by Crippen LogP contribution is -2.51. The number of carbonyl (C=O) groups is 2. The molecule has 1 saturated heterocycles. The molecular formula is C22H26N2O6. The Balaban J connectivity index is 1.36. The van der Waals surface area contributed by atoms with E-state index in [1.54, 1.807) is 59.4 Å². The number of nitrogens with zero attached hydrogens (tertiary/aromatic N) is 2. The molecule has 2 aromatic carbocycles. The van der Waals surface area contributed by atoms with E-state index in [1.807, 2.05) is 0 Å². The number of hydrogen-bond donors (Lipinski definition) is 1. The smallest absolute Gasteiger partial charge is 0.260 e. The largest absolute Gasteiger partial charge is 0.504 e. The van der Waals surface area contributed by atoms with Crippen molar-refractivity contribution in [3.05, 3.63) is 48.5 Å². The van der Waals surface area contributed by atoms with Crippen LogP contribution in [0, 0.1) is 0 Å². The SMILES string of the molecule is COc1ccc(OCCC(=O)N2CCN(C(=O)COc3ccccc3O)CC2)cc1. The molecule has 0 saturated carbocycles. The number of phenolic OH excluding ortho intramolecular Hbond substituents is 1. The van der Waals surface area contributed by atoms with E-state index in [9.17, 15) is 14.7 Å². The van der Waals surface area contributed by atoms with Gasteiger partial charge in [0.1, 0.15) is 11.5 Å². The second-order valence-electron chi connectivity index (χ2n) is 6.79. The van der Waals surface area contributed by atoms with Gasteiger partial charge in [-0.25, -0.2) is 0 Å². The monoisotopic (exact) mass is 414 g/mol. The summed E-state index contributed by atoms with van der Waals surface area (Å²) in [4.78, 5) is 28.1. The average Bonchev–Trinajstić information content (AvgIpc) is 2.79. The number of carbonyl (C=O) groups excluding carboxylic acids is 2. The van der Waals surface area contributed by atoms with Crippen LogP contribution in [0.25, 0.3) is 0 Å². The molecule has 2 aromatic rings. The van der Waals surface area contributed by atoms with Crippen LogP contribution in [0.1, 0.15) is 6.42 Å². The van der Waals surface area contributed by atoms with Crippen LogP contribution in [0.2, 0.25) is 0 Å². The highest BCUT2D eigenvalue weighted by Gasteiger charge is 2.24. The van der Waals surface area contributed by atoms with E-state index in [1.165, 1.54) is 6.07 Å². The van der Waals surface area contributed by atoms with Crippen molar-refractivity contribution in [2.45, 2.75) is 6.42 Å². The predicted octanol–water partition coefficient (Wildman–Crippen LogP) is 1.92. The van der Waals surface area contributed by atoms with Gasteiger partial charge in [-0.1, -0.05) is 12.1 Å². The molecule has 0 atom stereocenters. The normalized spacial score (nSPS) is 13.6. The van der Waals surface area contributed by atoms with Crippen molar-refractivity contribution >= 4 is 11.8 Å². The summed E-state index contributed by atoms with van der Waals surface area (Å²) in [5.74, 6) is 1.53. The third-order valence-corrected chi connectivity index (χ3v) is 4.85. The highest BCUT2D eigenvalue weighted by Crippen LogP contribution is 2.24. The van der Waals surface area contributed by atoms with Crippen LogP contribution < -0.4 is 14.2 Å². The molecular weight excluding hydrogens is 388 g/mol. The minimum Gasteiger partial charge on any atom is -0.504 e. The summed E-state index contributed by atoms with van der Waals surface area (Å²) < 4.78 is 16.1. The molecule has 0 aliphatic carbocycles. The van der Waals surface area contributed by atoms with E-state index in [-0.39, 0.29) is 36.3 Å². The maximum absolute atomic E-state index is 12.4. The standard InChI is InChI=1S/C22H26N2O6/c1-28-17-6-8-18(9-7-17)29-15-10-21(26)23-11-13-24(14-12-23)22(27)16-30-20-5-3-2-4-19(20)25/h2-9,25H,10-16H2,1H3. The van der Waals surface area contributed by atoms with Gasteiger partial charge in [-0.3, -0.25) is 9.59 Å². The zero-order valence-corrected chi connectivity index (χ0v) is 17.0. The van der Waals surface area contributed by atoms with E-state index < -0.39 is 0 Å². The van der Waals surface area contributed by atoms with Gasteiger partial charge >= 0.3 is 0 Å². The molecule has 30 heavy (non-hydrogen) atoms. The zero-order chi connectivity index (χ0) is 21.3. The topological polar surface area (TPSA) is 88.5 Å². The summed E-state index contributed by atoms with van der Waals surface area (Å²) in [5.41, 5.74) is 0. The number of para-hydroxylation sites is 2. The van der Waals surface area contributed by atoms with Gasteiger partial charge in [-0.15, -0.1) is 0 Å². The molecule has 1 N–H and O–H groups in total. The Labute approximate surface area is 175 Å². The number of piperazine rings is 1. The van der Waals surface area contributed by atoms with Gasteiger partial charge in [0.2, 0.25) is 5.91 Å². The quantitative estimate of drug-likeness (QED) is 0.710. The molecule has 2 amide bonds. The predicted molar refractivity (Wildman–Crippen MR) is 110 cm³/mol. The van der Waals surface area contributed by atoms with Crippen LogP contribution in [-0.2, 0) is 9.59 Å². The molecule has 0 radical (unpaired) electrons. The number of ether oxygens (including phenoxy) is 3. The van der Waals surface area contributed by atoms with Crippen LogP contribution in [0.4, 0.5) is 0 Å². The van der Waals surface area contributed by atoms with Crippen molar-refractivity contribution in [3.63, 3.8) is 0 Å². The lowest BCUT2D eigenvalue weighted by atomic mass is 10.2. The number of rotatable bonds is 8. The van der Waals surface area contributed by atoms with Crippen molar-refractivity contribution in [3.8, 4) is 23.0 Å². The van der Waals surface area contributed by atoms with Gasteiger partial charge in [-0.05, 0) is 36.4 Å². The number of amides is 2. The van der Waals surface area contributed by atoms with Gasteiger partial charge in [-0.2, -0.15) is 0 Å². The third kappa shape index (κ3) is 5.79. The summed E-state index contributed by atoms with van der Waals surface area (Å²) in [6.07, 6.45) is 0.274. The Morgan fingerprint density at radius 3 is 2.10 bits per heavy atom. The molecule has 1 aliphatic heterocycles. The second-order valence-corrected chi connectivity index (χ2v) is 6.79. The zero-order valence-electron chi connectivity index (χ0n) is 17.0. The van der Waals surface area contributed by atoms with Crippen LogP contribution in [0.5, 0.6) is 23.0 Å². The fourth-order valence-electron chi connectivity index (χ4n) is 3.10. The Morgan fingerprint density at radius 2 is 1.47 bits per heavy atom. The first-order valence-electron chi connectivity index (χ1n) is 9.80. The first-order chi connectivity index (χ1) is 14.6. The van der Waals surface area contributed by atoms with Crippen molar-refractivity contribution < 1.29 is 28.9 Å². The van der Waals surface area contributed by atoms with E-state index in [2.05, 4.69) is 0 Å². The molecule has 1 aliphatic rings. The number of hydrogen-bond acceptors (Lipinski definition) is 6. The lowest BCUT2D eigenvalue weighted by molar-refractivity contribution is -0.141. The molecule has 0 unspecified atom stereocenters. The highest BCUT2D eigenvalue weighted by molar-refractivity contribution is 5.79. The van der Waals surface area contributed by atoms with E-state index in [0.717, 1.165) is 5.75 Å². The van der Waals surface area contributed by atoms with E-state index in [4.69, 9.17) is 14.2 Å². The summed E-state index contributed by atoms with van der Waals surface area (Å²) in [6, 6.07) is 13.7. The van der Waals surface area contributed by atoms with Crippen LogP contribution >= 0.6 is 0 Å². The van der Waals surface area contributed by atoms with Gasteiger partial charge in [0.05, 0.1) is 20.1 Å². The maximum Gasteiger partial charge on any atom is 0.260 e. The van der Waals surface area contributed by atoms with Crippen molar-refractivity contribution in [1.29, 1.82) is 0 Å². The van der Waals surface area contributed by atoms with Crippen LogP contribution in [0.15, 0.2) is 48.5 Å². The number of methoxy groups -OCH3 is 1. The van der Waals surface area contributed by atoms with E-state index in [0.29, 0.717) is 38.5 Å². The summed E-state index contributed by atoms with van der Waals surface area (Å²) in [5, 5.41) is 9.69. The first kappa shape index (κ1) is 21.3. The number of phenols is 1. The minimum atomic E-state index is -0.173. The molecule has 0 spiro atoms. The summed E-state index contributed by atoms with van der Waals surface area (Å²) >= 11 is 0. The molecule has 0 aromatic heterocycles. The van der Waals surface area contributed by atoms with Crippen LogP contribution in [-0.4, -0.2) is 73.2 Å². The molecule has 3 rings (SSSR count). The Bertz CT molecular complexity index is 847. The van der Waals surface area contributed by atoms with Crippen molar-refractivity contribution in [2.24, 2.45) is 0 Å². The fraction of sp³-hybridized carbons (Fsp3) is 0.364. The second kappa shape index (κ2) is 10.4. The fourth-order valence-corrected chi connectivity index (χ4v) is 3.10. The molecule has 8 nitrogen and oxygen atoms in total. The summed E-state index contributed by atoms with van der Waals surface area (Å²) in [6.45, 7) is 2.00. The molecule has 1 fully saturated rings. The van der Waals surface area contributed by atoms with Crippen molar-refractivity contribution in [1.82, 2.24) is 9.80 Å².